The number of nitrogens with one attached hydrogen (secondary N) is 1. The first-order chi connectivity index (χ1) is 9.53. The highest BCUT2D eigenvalue weighted by molar-refractivity contribution is 9.10. The van der Waals surface area contributed by atoms with Gasteiger partial charge in [-0.25, -0.2) is 0 Å². The van der Waals surface area contributed by atoms with Crippen LogP contribution in [0.15, 0.2) is 22.7 Å². The van der Waals surface area contributed by atoms with Gasteiger partial charge in [0.25, 0.3) is 0 Å². The lowest BCUT2D eigenvalue weighted by Crippen LogP contribution is -2.63. The zero-order chi connectivity index (χ0) is 14.8. The Morgan fingerprint density at radius 3 is 2.65 bits per heavy atom. The van der Waals surface area contributed by atoms with E-state index in [1.165, 1.54) is 5.69 Å². The lowest BCUT2D eigenvalue weighted by molar-refractivity contribution is 0.253. The molecule has 1 heterocycles. The standard InChI is InChI=1S/C16H25BrN2O/c1-5-16(6-2)11-19(12(3)10-18-16)14-7-13(17)8-15(9-14)20-4/h7-9,12,18H,5-6,10-11H2,1-4H3. The molecule has 0 amide bonds. The van der Waals surface area contributed by atoms with E-state index >= 15 is 0 Å². The Balaban J connectivity index is 2.31. The van der Waals surface area contributed by atoms with Gasteiger partial charge in [0.2, 0.25) is 0 Å². The molecule has 1 aliphatic heterocycles. The van der Waals surface area contributed by atoms with Crippen LogP contribution in [0.3, 0.4) is 0 Å². The van der Waals surface area contributed by atoms with Gasteiger partial charge in [-0.15, -0.1) is 0 Å². The summed E-state index contributed by atoms with van der Waals surface area (Å²) in [4.78, 5) is 2.50. The average Bonchev–Trinajstić information content (AvgIpc) is 2.47. The molecule has 1 aromatic carbocycles. The van der Waals surface area contributed by atoms with Crippen molar-refractivity contribution in [1.29, 1.82) is 0 Å². The number of ether oxygens (including phenoxy) is 1. The first kappa shape index (κ1) is 15.6. The number of piperazine rings is 1. The third-order valence-electron chi connectivity index (χ3n) is 4.55. The number of methoxy groups -OCH3 is 1. The van der Waals surface area contributed by atoms with E-state index in [0.29, 0.717) is 6.04 Å². The second kappa shape index (κ2) is 6.35. The van der Waals surface area contributed by atoms with Gasteiger partial charge in [0.05, 0.1) is 7.11 Å². The van der Waals surface area contributed by atoms with Crippen LogP contribution in [0.5, 0.6) is 5.75 Å². The van der Waals surface area contributed by atoms with Gasteiger partial charge < -0.3 is 15.0 Å². The lowest BCUT2D eigenvalue weighted by Gasteiger charge is -2.47. The van der Waals surface area contributed by atoms with Gasteiger partial charge in [0, 0.05) is 40.9 Å². The van der Waals surface area contributed by atoms with Gasteiger partial charge in [0.15, 0.2) is 0 Å². The highest BCUT2D eigenvalue weighted by atomic mass is 79.9. The van der Waals surface area contributed by atoms with Crippen LogP contribution < -0.4 is 15.0 Å². The third kappa shape index (κ3) is 3.12. The quantitative estimate of drug-likeness (QED) is 0.901. The minimum atomic E-state index is 0.224. The molecule has 0 aliphatic carbocycles. The summed E-state index contributed by atoms with van der Waals surface area (Å²) < 4.78 is 6.46. The summed E-state index contributed by atoms with van der Waals surface area (Å²) in [7, 11) is 1.72. The first-order valence-corrected chi connectivity index (χ1v) is 8.19. The summed E-state index contributed by atoms with van der Waals surface area (Å²) in [5.41, 5.74) is 1.46. The minimum Gasteiger partial charge on any atom is -0.497 e. The van der Waals surface area contributed by atoms with E-state index < -0.39 is 0 Å². The summed E-state index contributed by atoms with van der Waals surface area (Å²) in [6.07, 6.45) is 2.30. The third-order valence-corrected chi connectivity index (χ3v) is 5.01. The summed E-state index contributed by atoms with van der Waals surface area (Å²) in [5.74, 6) is 0.902. The normalized spacial score (nSPS) is 21.9. The molecule has 1 N–H and O–H groups in total. The Hall–Kier alpha value is -0.740. The molecule has 3 nitrogen and oxygen atoms in total. The maximum Gasteiger partial charge on any atom is 0.122 e. The molecule has 0 radical (unpaired) electrons. The van der Waals surface area contributed by atoms with Crippen molar-refractivity contribution in [3.05, 3.63) is 22.7 Å². The Morgan fingerprint density at radius 1 is 1.35 bits per heavy atom. The molecule has 1 atom stereocenters. The number of halogens is 1. The first-order valence-electron chi connectivity index (χ1n) is 7.40. The van der Waals surface area contributed by atoms with Gasteiger partial charge in [-0.05, 0) is 31.9 Å². The molecule has 4 heteroatoms. The number of anilines is 1. The van der Waals surface area contributed by atoms with Gasteiger partial charge in [-0.2, -0.15) is 0 Å². The molecule has 2 rings (SSSR count). The molecule has 112 valence electrons. The summed E-state index contributed by atoms with van der Waals surface area (Å²) >= 11 is 3.58. The van der Waals surface area contributed by atoms with E-state index in [1.54, 1.807) is 7.11 Å². The number of hydrogen-bond acceptors (Lipinski definition) is 3. The molecule has 1 unspecified atom stereocenters. The Kier molecular flexibility index (Phi) is 4.97. The molecule has 1 aromatic rings. The second-order valence-electron chi connectivity index (χ2n) is 5.69. The van der Waals surface area contributed by atoms with Crippen LogP contribution in [0.25, 0.3) is 0 Å². The van der Waals surface area contributed by atoms with Crippen LogP contribution in [0.2, 0.25) is 0 Å². The van der Waals surface area contributed by atoms with E-state index in [4.69, 9.17) is 4.74 Å². The van der Waals surface area contributed by atoms with Crippen LogP contribution in [0, 0.1) is 0 Å². The highest BCUT2D eigenvalue weighted by Gasteiger charge is 2.35. The molecule has 1 fully saturated rings. The predicted molar refractivity (Wildman–Crippen MR) is 88.8 cm³/mol. The summed E-state index contributed by atoms with van der Waals surface area (Å²) in [5, 5.41) is 3.74. The van der Waals surface area contributed by atoms with Crippen LogP contribution in [0.4, 0.5) is 5.69 Å². The van der Waals surface area contributed by atoms with Gasteiger partial charge in [0.1, 0.15) is 5.75 Å². The monoisotopic (exact) mass is 340 g/mol. The molecular formula is C16H25BrN2O. The molecule has 0 saturated carbocycles. The minimum absolute atomic E-state index is 0.224. The van der Waals surface area contributed by atoms with Crippen molar-refractivity contribution in [1.82, 2.24) is 5.32 Å². The number of benzene rings is 1. The average molecular weight is 341 g/mol. The topological polar surface area (TPSA) is 24.5 Å². The fraction of sp³-hybridized carbons (Fsp3) is 0.625. The zero-order valence-corrected chi connectivity index (χ0v) is 14.5. The van der Waals surface area contributed by atoms with Crippen molar-refractivity contribution in [2.24, 2.45) is 0 Å². The van der Waals surface area contributed by atoms with Crippen molar-refractivity contribution in [2.75, 3.05) is 25.1 Å². The van der Waals surface area contributed by atoms with Gasteiger partial charge in [-0.1, -0.05) is 29.8 Å². The van der Waals surface area contributed by atoms with E-state index in [9.17, 15) is 0 Å². The Morgan fingerprint density at radius 2 is 2.05 bits per heavy atom. The van der Waals surface area contributed by atoms with Gasteiger partial charge >= 0.3 is 0 Å². The Labute approximate surface area is 130 Å². The molecular weight excluding hydrogens is 316 g/mol. The molecule has 0 spiro atoms. The van der Waals surface area contributed by atoms with Crippen LogP contribution in [-0.2, 0) is 0 Å². The Bertz CT molecular complexity index is 460. The van der Waals surface area contributed by atoms with E-state index in [0.717, 1.165) is 36.2 Å². The molecule has 1 aliphatic rings. The van der Waals surface area contributed by atoms with Crippen LogP contribution >= 0.6 is 15.9 Å². The largest absolute Gasteiger partial charge is 0.497 e. The fourth-order valence-electron chi connectivity index (χ4n) is 2.91. The van der Waals surface area contributed by atoms with E-state index in [1.807, 2.05) is 6.07 Å². The van der Waals surface area contributed by atoms with Crippen molar-refractivity contribution in [2.45, 2.75) is 45.2 Å². The molecule has 20 heavy (non-hydrogen) atoms. The lowest BCUT2D eigenvalue weighted by atomic mass is 9.88. The molecule has 0 aromatic heterocycles. The van der Waals surface area contributed by atoms with E-state index in [2.05, 4.69) is 59.1 Å². The van der Waals surface area contributed by atoms with Gasteiger partial charge in [-0.3, -0.25) is 0 Å². The van der Waals surface area contributed by atoms with Crippen LogP contribution in [-0.4, -0.2) is 31.8 Å². The predicted octanol–water partition coefficient (Wildman–Crippen LogP) is 3.81. The number of hydrogen-bond donors (Lipinski definition) is 1. The van der Waals surface area contributed by atoms with Crippen molar-refractivity contribution in [3.63, 3.8) is 0 Å². The maximum atomic E-state index is 5.39. The smallest absolute Gasteiger partial charge is 0.122 e. The summed E-state index contributed by atoms with van der Waals surface area (Å²) in [6.45, 7) is 8.88. The van der Waals surface area contributed by atoms with Crippen LogP contribution in [0.1, 0.15) is 33.6 Å². The van der Waals surface area contributed by atoms with Crippen molar-refractivity contribution < 1.29 is 4.74 Å². The summed E-state index contributed by atoms with van der Waals surface area (Å²) in [6, 6.07) is 6.80. The SMILES string of the molecule is CCC1(CC)CN(c2cc(Br)cc(OC)c2)C(C)CN1. The van der Waals surface area contributed by atoms with Crippen molar-refractivity contribution in [3.8, 4) is 5.75 Å². The fourth-order valence-corrected chi connectivity index (χ4v) is 3.37. The number of rotatable bonds is 4. The zero-order valence-electron chi connectivity index (χ0n) is 12.9. The number of nitrogens with zero attached hydrogens (tertiary/aromatic N) is 1. The molecule has 1 saturated heterocycles. The highest BCUT2D eigenvalue weighted by Crippen LogP contribution is 2.32. The second-order valence-corrected chi connectivity index (χ2v) is 6.61. The van der Waals surface area contributed by atoms with E-state index in [-0.39, 0.29) is 5.54 Å². The van der Waals surface area contributed by atoms with Crippen molar-refractivity contribution >= 4 is 21.6 Å². The maximum absolute atomic E-state index is 5.39. The molecule has 0 bridgehead atoms.